The van der Waals surface area contributed by atoms with E-state index in [1.165, 1.54) is 12.1 Å². The Morgan fingerprint density at radius 3 is 2.41 bits per heavy atom. The van der Waals surface area contributed by atoms with Crippen LogP contribution in [0.5, 0.6) is 0 Å². The van der Waals surface area contributed by atoms with Crippen molar-refractivity contribution >= 4 is 27.5 Å². The molecule has 0 amide bonds. The molecule has 6 heteroatoms. The van der Waals surface area contributed by atoms with Crippen molar-refractivity contribution in [3.63, 3.8) is 0 Å². The number of nitrogens with two attached hydrogens (primary N) is 1. The molecular formula is C11H18N2O2S2. The van der Waals surface area contributed by atoms with E-state index in [0.29, 0.717) is 6.04 Å². The molecule has 0 aliphatic rings. The lowest BCUT2D eigenvalue weighted by Crippen LogP contribution is -2.18. The minimum Gasteiger partial charge on any atom is -0.382 e. The lowest BCUT2D eigenvalue weighted by atomic mass is 10.3. The zero-order chi connectivity index (χ0) is 12.9. The second-order valence-electron chi connectivity index (χ2n) is 3.77. The largest absolute Gasteiger partial charge is 0.382 e. The number of rotatable bonds is 6. The van der Waals surface area contributed by atoms with Gasteiger partial charge in [-0.25, -0.2) is 13.6 Å². The first-order chi connectivity index (χ1) is 7.93. The normalized spacial score (nSPS) is 13.4. The molecule has 0 aliphatic carbocycles. The Morgan fingerprint density at radius 1 is 1.35 bits per heavy atom. The van der Waals surface area contributed by atoms with Crippen LogP contribution in [0.4, 0.5) is 5.69 Å². The smallest absolute Gasteiger partial charge is 0.238 e. The quantitative estimate of drug-likeness (QED) is 0.831. The highest BCUT2D eigenvalue weighted by atomic mass is 32.2. The fraction of sp³-hybridized carbons (Fsp3) is 0.455. The van der Waals surface area contributed by atoms with Gasteiger partial charge in [0.15, 0.2) is 0 Å². The predicted molar refractivity (Wildman–Crippen MR) is 73.9 cm³/mol. The highest BCUT2D eigenvalue weighted by Gasteiger charge is 2.07. The van der Waals surface area contributed by atoms with Crippen LogP contribution in [0.15, 0.2) is 29.2 Å². The van der Waals surface area contributed by atoms with E-state index in [1.54, 1.807) is 12.1 Å². The summed E-state index contributed by atoms with van der Waals surface area (Å²) in [5.41, 5.74) is 0.904. The van der Waals surface area contributed by atoms with Gasteiger partial charge in [-0.05, 0) is 36.9 Å². The number of hydrogen-bond acceptors (Lipinski definition) is 4. The Labute approximate surface area is 107 Å². The number of anilines is 1. The number of thioether (sulfide) groups is 1. The molecule has 1 unspecified atom stereocenters. The molecule has 96 valence electrons. The highest BCUT2D eigenvalue weighted by molar-refractivity contribution is 7.99. The summed E-state index contributed by atoms with van der Waals surface area (Å²) < 4.78 is 22.1. The van der Waals surface area contributed by atoms with E-state index >= 15 is 0 Å². The van der Waals surface area contributed by atoms with Crippen LogP contribution < -0.4 is 10.5 Å². The summed E-state index contributed by atoms with van der Waals surface area (Å²) >= 11 is 1.86. The molecule has 0 radical (unpaired) electrons. The number of primary sulfonamides is 1. The summed E-state index contributed by atoms with van der Waals surface area (Å²) in [4.78, 5) is 0.138. The molecule has 0 bridgehead atoms. The van der Waals surface area contributed by atoms with Crippen molar-refractivity contribution in [3.8, 4) is 0 Å². The van der Waals surface area contributed by atoms with Crippen molar-refractivity contribution in [2.75, 3.05) is 16.8 Å². The molecule has 1 atom stereocenters. The number of hydrogen-bond donors (Lipinski definition) is 2. The summed E-state index contributed by atoms with van der Waals surface area (Å²) in [6.45, 7) is 4.22. The second-order valence-corrected chi connectivity index (χ2v) is 6.65. The number of nitrogens with one attached hydrogen (secondary N) is 1. The maximum absolute atomic E-state index is 11.1. The molecule has 0 saturated heterocycles. The van der Waals surface area contributed by atoms with Crippen LogP contribution in [0.25, 0.3) is 0 Å². The van der Waals surface area contributed by atoms with Crippen molar-refractivity contribution in [2.24, 2.45) is 5.14 Å². The molecule has 0 aromatic heterocycles. The Bertz CT molecular complexity index is 443. The van der Waals surface area contributed by atoms with Gasteiger partial charge in [-0.3, -0.25) is 0 Å². The van der Waals surface area contributed by atoms with E-state index < -0.39 is 10.0 Å². The van der Waals surface area contributed by atoms with Crippen molar-refractivity contribution in [3.05, 3.63) is 24.3 Å². The molecule has 0 spiro atoms. The van der Waals surface area contributed by atoms with E-state index in [2.05, 4.69) is 19.2 Å². The van der Waals surface area contributed by atoms with Gasteiger partial charge in [-0.15, -0.1) is 0 Å². The fourth-order valence-corrected chi connectivity index (χ4v) is 2.55. The van der Waals surface area contributed by atoms with Crippen LogP contribution in [0, 0.1) is 0 Å². The maximum atomic E-state index is 11.1. The first kappa shape index (κ1) is 14.3. The van der Waals surface area contributed by atoms with Gasteiger partial charge in [0.1, 0.15) is 0 Å². The molecule has 0 aliphatic heterocycles. The van der Waals surface area contributed by atoms with Crippen LogP contribution in [-0.4, -0.2) is 26.0 Å². The lowest BCUT2D eigenvalue weighted by Gasteiger charge is -2.14. The van der Waals surface area contributed by atoms with Gasteiger partial charge in [0.05, 0.1) is 4.90 Å². The van der Waals surface area contributed by atoms with Gasteiger partial charge in [-0.2, -0.15) is 11.8 Å². The van der Waals surface area contributed by atoms with Crippen LogP contribution in [-0.2, 0) is 10.0 Å². The standard InChI is InChI=1S/C11H18N2O2S2/c1-3-16-8-9(2)13-10-4-6-11(7-5-10)17(12,14)15/h4-7,9,13H,3,8H2,1-2H3,(H2,12,14,15). The molecule has 1 aromatic carbocycles. The summed E-state index contributed by atoms with van der Waals surface area (Å²) in [7, 11) is -3.59. The van der Waals surface area contributed by atoms with Crippen molar-refractivity contribution in [1.82, 2.24) is 0 Å². The van der Waals surface area contributed by atoms with Crippen molar-refractivity contribution in [2.45, 2.75) is 24.8 Å². The average molecular weight is 274 g/mol. The third-order valence-corrected chi connectivity index (χ3v) is 4.24. The molecule has 17 heavy (non-hydrogen) atoms. The van der Waals surface area contributed by atoms with E-state index in [4.69, 9.17) is 5.14 Å². The van der Waals surface area contributed by atoms with Gasteiger partial charge in [-0.1, -0.05) is 6.92 Å². The number of sulfonamides is 1. The van der Waals surface area contributed by atoms with Gasteiger partial charge < -0.3 is 5.32 Å². The predicted octanol–water partition coefficient (Wildman–Crippen LogP) is 1.89. The minimum absolute atomic E-state index is 0.138. The van der Waals surface area contributed by atoms with Crippen LogP contribution in [0.3, 0.4) is 0 Å². The molecule has 0 saturated carbocycles. The lowest BCUT2D eigenvalue weighted by molar-refractivity contribution is 0.598. The Hall–Kier alpha value is -0.720. The maximum Gasteiger partial charge on any atom is 0.238 e. The minimum atomic E-state index is -3.59. The zero-order valence-electron chi connectivity index (χ0n) is 10.0. The van der Waals surface area contributed by atoms with Crippen molar-refractivity contribution < 1.29 is 8.42 Å². The van der Waals surface area contributed by atoms with E-state index in [9.17, 15) is 8.42 Å². The number of benzene rings is 1. The molecule has 0 fully saturated rings. The third-order valence-electron chi connectivity index (χ3n) is 2.17. The zero-order valence-corrected chi connectivity index (χ0v) is 11.6. The monoisotopic (exact) mass is 274 g/mol. The Balaban J connectivity index is 2.63. The van der Waals surface area contributed by atoms with Crippen LogP contribution in [0.2, 0.25) is 0 Å². The average Bonchev–Trinajstić information content (AvgIpc) is 2.26. The molecule has 3 N–H and O–H groups in total. The van der Waals surface area contributed by atoms with Gasteiger partial charge in [0, 0.05) is 17.5 Å². The van der Waals surface area contributed by atoms with Gasteiger partial charge >= 0.3 is 0 Å². The Kier molecular flexibility index (Phi) is 5.30. The summed E-state index contributed by atoms with van der Waals surface area (Å²) in [6, 6.07) is 6.83. The molecule has 1 aromatic rings. The first-order valence-electron chi connectivity index (χ1n) is 5.40. The third kappa shape index (κ3) is 4.97. The van der Waals surface area contributed by atoms with Crippen LogP contribution in [0.1, 0.15) is 13.8 Å². The molecule has 1 rings (SSSR count). The van der Waals surface area contributed by atoms with E-state index in [0.717, 1.165) is 17.2 Å². The highest BCUT2D eigenvalue weighted by Crippen LogP contribution is 2.14. The van der Waals surface area contributed by atoms with Crippen molar-refractivity contribution in [1.29, 1.82) is 0 Å². The molecule has 0 heterocycles. The Morgan fingerprint density at radius 2 is 1.94 bits per heavy atom. The summed E-state index contributed by atoms with van der Waals surface area (Å²) in [5, 5.41) is 8.32. The topological polar surface area (TPSA) is 72.2 Å². The second kappa shape index (κ2) is 6.28. The summed E-state index contributed by atoms with van der Waals surface area (Å²) in [5.74, 6) is 2.11. The molecular weight excluding hydrogens is 256 g/mol. The summed E-state index contributed by atoms with van der Waals surface area (Å²) in [6.07, 6.45) is 0. The first-order valence-corrected chi connectivity index (χ1v) is 8.10. The van der Waals surface area contributed by atoms with Crippen LogP contribution >= 0.6 is 11.8 Å². The van der Waals surface area contributed by atoms with Gasteiger partial charge in [0.2, 0.25) is 10.0 Å². The van der Waals surface area contributed by atoms with E-state index in [-0.39, 0.29) is 4.90 Å². The fourth-order valence-electron chi connectivity index (χ4n) is 1.36. The molecule has 4 nitrogen and oxygen atoms in total. The van der Waals surface area contributed by atoms with Gasteiger partial charge in [0.25, 0.3) is 0 Å². The van der Waals surface area contributed by atoms with E-state index in [1.807, 2.05) is 11.8 Å². The SMILES string of the molecule is CCSCC(C)Nc1ccc(S(N)(=O)=O)cc1.